The molecule has 0 bridgehead atoms. The Bertz CT molecular complexity index is 2210. The topological polar surface area (TPSA) is 26.3 Å². The standard InChI is InChI=1S/C38H22O2/c1-2-12-28-27(11-1)37(23-17-19-35-31(21-23)25-9-5-7-15-33(25)39-35)29-13-3-4-14-30(29)38(28)24-18-20-36-32(22-24)26-10-6-8-16-34(26)40-36/h1-22H. The van der Waals surface area contributed by atoms with E-state index in [9.17, 15) is 0 Å². The molecule has 0 aliphatic carbocycles. The highest BCUT2D eigenvalue weighted by Crippen LogP contribution is 2.45. The lowest BCUT2D eigenvalue weighted by Crippen LogP contribution is -1.90. The number of benzene rings is 7. The van der Waals surface area contributed by atoms with Crippen LogP contribution >= 0.6 is 0 Å². The molecule has 7 aromatic carbocycles. The first-order valence-corrected chi connectivity index (χ1v) is 13.6. The van der Waals surface area contributed by atoms with E-state index in [4.69, 9.17) is 8.83 Å². The highest BCUT2D eigenvalue weighted by Gasteiger charge is 2.18. The Morgan fingerprint density at radius 2 is 0.600 bits per heavy atom. The van der Waals surface area contributed by atoms with Gasteiger partial charge in [-0.2, -0.15) is 0 Å². The highest BCUT2D eigenvalue weighted by molar-refractivity contribution is 6.22. The normalized spacial score (nSPS) is 12.0. The number of hydrogen-bond donors (Lipinski definition) is 0. The van der Waals surface area contributed by atoms with Crippen molar-refractivity contribution in [3.05, 3.63) is 133 Å². The van der Waals surface area contributed by atoms with Gasteiger partial charge in [0.15, 0.2) is 0 Å². The van der Waals surface area contributed by atoms with Gasteiger partial charge in [0.05, 0.1) is 0 Å². The van der Waals surface area contributed by atoms with Gasteiger partial charge in [0.1, 0.15) is 22.3 Å². The van der Waals surface area contributed by atoms with Crippen LogP contribution in [0.15, 0.2) is 142 Å². The van der Waals surface area contributed by atoms with Crippen molar-refractivity contribution in [2.45, 2.75) is 0 Å². The molecule has 0 saturated heterocycles. The molecule has 0 atom stereocenters. The zero-order valence-electron chi connectivity index (χ0n) is 21.5. The number of rotatable bonds is 2. The summed E-state index contributed by atoms with van der Waals surface area (Å²) in [4.78, 5) is 0. The molecular weight excluding hydrogens is 488 g/mol. The van der Waals surface area contributed by atoms with Crippen LogP contribution in [-0.2, 0) is 0 Å². The summed E-state index contributed by atoms with van der Waals surface area (Å²) in [5.41, 5.74) is 8.54. The summed E-state index contributed by atoms with van der Waals surface area (Å²) in [7, 11) is 0. The van der Waals surface area contributed by atoms with Crippen molar-refractivity contribution >= 4 is 65.4 Å². The SMILES string of the molecule is c1ccc2c(c1)oc1ccc(-c3c4ccccc4c(-c4ccc5oc6ccccc6c5c4)c4ccccc34)cc12. The smallest absolute Gasteiger partial charge is 0.135 e. The van der Waals surface area contributed by atoms with Gasteiger partial charge in [0, 0.05) is 21.5 Å². The minimum Gasteiger partial charge on any atom is -0.456 e. The summed E-state index contributed by atoms with van der Waals surface area (Å²) < 4.78 is 12.3. The predicted molar refractivity (Wildman–Crippen MR) is 167 cm³/mol. The lowest BCUT2D eigenvalue weighted by Gasteiger charge is -2.17. The van der Waals surface area contributed by atoms with Crippen LogP contribution in [0.2, 0.25) is 0 Å². The van der Waals surface area contributed by atoms with E-state index in [0.717, 1.165) is 43.9 Å². The largest absolute Gasteiger partial charge is 0.456 e. The van der Waals surface area contributed by atoms with Gasteiger partial charge in [0.2, 0.25) is 0 Å². The Kier molecular flexibility index (Phi) is 4.36. The molecule has 0 aliphatic rings. The number of fused-ring (bicyclic) bond motifs is 8. The van der Waals surface area contributed by atoms with E-state index >= 15 is 0 Å². The van der Waals surface area contributed by atoms with E-state index in [2.05, 4.69) is 109 Å². The van der Waals surface area contributed by atoms with E-state index in [1.54, 1.807) is 0 Å². The highest BCUT2D eigenvalue weighted by atomic mass is 16.3. The third-order valence-corrected chi connectivity index (χ3v) is 8.26. The molecule has 0 amide bonds. The second-order valence-corrected chi connectivity index (χ2v) is 10.5. The number of hydrogen-bond acceptors (Lipinski definition) is 2. The zero-order chi connectivity index (χ0) is 26.2. The molecule has 40 heavy (non-hydrogen) atoms. The fourth-order valence-electron chi connectivity index (χ4n) is 6.51. The summed E-state index contributed by atoms with van der Waals surface area (Å²) in [6, 6.07) is 47.3. The van der Waals surface area contributed by atoms with Crippen molar-refractivity contribution in [1.82, 2.24) is 0 Å². The average Bonchev–Trinajstić information content (AvgIpc) is 3.57. The summed E-state index contributed by atoms with van der Waals surface area (Å²) in [5.74, 6) is 0. The van der Waals surface area contributed by atoms with Crippen molar-refractivity contribution in [3.63, 3.8) is 0 Å². The first kappa shape index (κ1) is 21.6. The molecule has 0 spiro atoms. The molecule has 2 heteroatoms. The average molecular weight is 511 g/mol. The maximum atomic E-state index is 6.15. The van der Waals surface area contributed by atoms with Crippen LogP contribution in [0, 0.1) is 0 Å². The molecule has 186 valence electrons. The van der Waals surface area contributed by atoms with Gasteiger partial charge in [-0.3, -0.25) is 0 Å². The second kappa shape index (κ2) is 8.08. The van der Waals surface area contributed by atoms with Crippen LogP contribution in [0.25, 0.3) is 87.7 Å². The van der Waals surface area contributed by atoms with Crippen LogP contribution in [0.3, 0.4) is 0 Å². The van der Waals surface area contributed by atoms with Crippen molar-refractivity contribution in [2.75, 3.05) is 0 Å². The Hall–Kier alpha value is -5.34. The van der Waals surface area contributed by atoms with E-state index in [0.29, 0.717) is 0 Å². The third-order valence-electron chi connectivity index (χ3n) is 8.26. The Morgan fingerprint density at radius 3 is 1.00 bits per heavy atom. The van der Waals surface area contributed by atoms with Crippen molar-refractivity contribution < 1.29 is 8.83 Å². The quantitative estimate of drug-likeness (QED) is 0.216. The fraction of sp³-hybridized carbons (Fsp3) is 0. The van der Waals surface area contributed by atoms with Gasteiger partial charge in [0.25, 0.3) is 0 Å². The number of para-hydroxylation sites is 2. The Labute approximate surface area is 229 Å². The van der Waals surface area contributed by atoms with Gasteiger partial charge in [-0.1, -0.05) is 97.1 Å². The van der Waals surface area contributed by atoms with Gasteiger partial charge < -0.3 is 8.83 Å². The van der Waals surface area contributed by atoms with Crippen LogP contribution < -0.4 is 0 Å². The predicted octanol–water partition coefficient (Wildman–Crippen LogP) is 11.1. The zero-order valence-corrected chi connectivity index (χ0v) is 21.5. The molecule has 0 saturated carbocycles. The molecule has 2 nitrogen and oxygen atoms in total. The van der Waals surface area contributed by atoms with Crippen molar-refractivity contribution in [1.29, 1.82) is 0 Å². The molecule has 2 heterocycles. The summed E-state index contributed by atoms with van der Waals surface area (Å²) >= 11 is 0. The van der Waals surface area contributed by atoms with E-state index in [1.807, 2.05) is 24.3 Å². The molecule has 0 aliphatic heterocycles. The minimum absolute atomic E-state index is 0.913. The maximum Gasteiger partial charge on any atom is 0.135 e. The number of furan rings is 2. The molecule has 0 radical (unpaired) electrons. The molecule has 0 unspecified atom stereocenters. The summed E-state index contributed by atoms with van der Waals surface area (Å²) in [5, 5.41) is 9.52. The third kappa shape index (κ3) is 2.99. The maximum absolute atomic E-state index is 6.15. The molecule has 2 aromatic heterocycles. The van der Waals surface area contributed by atoms with Crippen molar-refractivity contribution in [2.24, 2.45) is 0 Å². The molecule has 0 N–H and O–H groups in total. The van der Waals surface area contributed by atoms with E-state index in [1.165, 1.54) is 43.8 Å². The first-order chi connectivity index (χ1) is 19.8. The van der Waals surface area contributed by atoms with Crippen LogP contribution in [0.1, 0.15) is 0 Å². The lowest BCUT2D eigenvalue weighted by atomic mass is 9.85. The lowest BCUT2D eigenvalue weighted by molar-refractivity contribution is 0.668. The fourth-order valence-corrected chi connectivity index (χ4v) is 6.51. The Balaban J connectivity index is 1.38. The monoisotopic (exact) mass is 510 g/mol. The molecule has 9 rings (SSSR count). The van der Waals surface area contributed by atoms with Crippen LogP contribution in [0.5, 0.6) is 0 Å². The first-order valence-electron chi connectivity index (χ1n) is 13.6. The molecular formula is C38H22O2. The Morgan fingerprint density at radius 1 is 0.275 bits per heavy atom. The summed E-state index contributed by atoms with van der Waals surface area (Å²) in [6.07, 6.45) is 0. The minimum atomic E-state index is 0.913. The second-order valence-electron chi connectivity index (χ2n) is 10.5. The van der Waals surface area contributed by atoms with Gasteiger partial charge in [-0.05, 0) is 80.2 Å². The van der Waals surface area contributed by atoms with Crippen molar-refractivity contribution in [3.8, 4) is 22.3 Å². The van der Waals surface area contributed by atoms with Gasteiger partial charge in [-0.25, -0.2) is 0 Å². The molecule has 0 fully saturated rings. The molecule has 9 aromatic rings. The van der Waals surface area contributed by atoms with Crippen LogP contribution in [-0.4, -0.2) is 0 Å². The van der Waals surface area contributed by atoms with E-state index in [-0.39, 0.29) is 0 Å². The van der Waals surface area contributed by atoms with E-state index < -0.39 is 0 Å². The van der Waals surface area contributed by atoms with Crippen LogP contribution in [0.4, 0.5) is 0 Å². The van der Waals surface area contributed by atoms with Gasteiger partial charge in [-0.15, -0.1) is 0 Å². The van der Waals surface area contributed by atoms with Gasteiger partial charge >= 0.3 is 0 Å². The summed E-state index contributed by atoms with van der Waals surface area (Å²) in [6.45, 7) is 0.